The second-order valence-corrected chi connectivity index (χ2v) is 6.21. The van der Waals surface area contributed by atoms with Gasteiger partial charge in [0, 0.05) is 11.9 Å². The molecule has 0 spiro atoms. The van der Waals surface area contributed by atoms with Crippen LogP contribution in [0.25, 0.3) is 10.8 Å². The van der Waals surface area contributed by atoms with Crippen molar-refractivity contribution in [3.8, 4) is 0 Å². The number of halogens is 1. The number of hydrogen-bond donors (Lipinski definition) is 1. The maximum absolute atomic E-state index is 12.1. The number of carbonyl (C=O) groups excluding carboxylic acids is 1. The van der Waals surface area contributed by atoms with E-state index in [2.05, 4.69) is 52.4 Å². The van der Waals surface area contributed by atoms with Crippen LogP contribution in [0.2, 0.25) is 0 Å². The number of nitrogens with one attached hydrogen (secondary N) is 1. The van der Waals surface area contributed by atoms with Gasteiger partial charge in [0.15, 0.2) is 0 Å². The number of rotatable bonds is 7. The third-order valence-electron chi connectivity index (χ3n) is 3.86. The van der Waals surface area contributed by atoms with E-state index in [1.807, 2.05) is 18.2 Å². The molecule has 0 aliphatic rings. The summed E-state index contributed by atoms with van der Waals surface area (Å²) in [6, 6.07) is 14.5. The normalized spacial score (nSPS) is 12.3. The Labute approximate surface area is 135 Å². The minimum atomic E-state index is 0.110. The first-order valence-electron chi connectivity index (χ1n) is 7.53. The summed E-state index contributed by atoms with van der Waals surface area (Å²) in [7, 11) is 0. The van der Waals surface area contributed by atoms with Gasteiger partial charge in [0.1, 0.15) is 0 Å². The molecule has 0 aliphatic carbocycles. The number of alkyl halides is 1. The summed E-state index contributed by atoms with van der Waals surface area (Å²) in [5.74, 6) is 0.670. The van der Waals surface area contributed by atoms with E-state index in [1.54, 1.807) is 0 Å². The number of hydrogen-bond acceptors (Lipinski definition) is 1. The van der Waals surface area contributed by atoms with Crippen molar-refractivity contribution in [2.24, 2.45) is 5.92 Å². The summed E-state index contributed by atoms with van der Waals surface area (Å²) in [5.41, 5.74) is 1.07. The number of fused-ring (bicyclic) bond motifs is 1. The van der Waals surface area contributed by atoms with Crippen molar-refractivity contribution in [3.05, 3.63) is 48.0 Å². The number of benzene rings is 2. The molecule has 0 bridgehead atoms. The van der Waals surface area contributed by atoms with Gasteiger partial charge in [-0.2, -0.15) is 0 Å². The van der Waals surface area contributed by atoms with Gasteiger partial charge < -0.3 is 5.32 Å². The van der Waals surface area contributed by atoms with Crippen molar-refractivity contribution in [2.45, 2.75) is 26.2 Å². The Morgan fingerprint density at radius 2 is 1.95 bits per heavy atom. The van der Waals surface area contributed by atoms with Gasteiger partial charge in [-0.3, -0.25) is 4.79 Å². The van der Waals surface area contributed by atoms with Gasteiger partial charge in [-0.25, -0.2) is 0 Å². The molecule has 2 rings (SSSR count). The molecule has 2 aromatic rings. The van der Waals surface area contributed by atoms with Gasteiger partial charge in [-0.15, -0.1) is 0 Å². The van der Waals surface area contributed by atoms with Crippen molar-refractivity contribution < 1.29 is 4.79 Å². The van der Waals surface area contributed by atoms with Crippen LogP contribution in [-0.2, 0) is 11.2 Å². The molecule has 0 saturated heterocycles. The molecule has 0 aliphatic heterocycles. The Morgan fingerprint density at radius 1 is 1.19 bits per heavy atom. The Hall–Kier alpha value is -1.35. The standard InChI is InChI=1S/C18H22BrNO/c1-2-14(9-10-19)13-20-18(21)12-15-7-8-16-5-3-4-6-17(16)11-15/h3-8,11,14H,2,9-10,12-13H2,1H3,(H,20,21). The van der Waals surface area contributed by atoms with Crippen LogP contribution in [0.4, 0.5) is 0 Å². The van der Waals surface area contributed by atoms with E-state index >= 15 is 0 Å². The van der Waals surface area contributed by atoms with Crippen LogP contribution in [0, 0.1) is 5.92 Å². The van der Waals surface area contributed by atoms with Gasteiger partial charge in [0.2, 0.25) is 5.91 Å². The molecule has 0 saturated carbocycles. The fourth-order valence-corrected chi connectivity index (χ4v) is 3.11. The first-order chi connectivity index (χ1) is 10.2. The zero-order valence-corrected chi connectivity index (χ0v) is 14.0. The van der Waals surface area contributed by atoms with E-state index in [0.29, 0.717) is 12.3 Å². The molecular weight excluding hydrogens is 326 g/mol. The van der Waals surface area contributed by atoms with Crippen LogP contribution in [0.15, 0.2) is 42.5 Å². The summed E-state index contributed by atoms with van der Waals surface area (Å²) in [4.78, 5) is 12.1. The third-order valence-corrected chi connectivity index (χ3v) is 4.32. The molecule has 1 atom stereocenters. The lowest BCUT2D eigenvalue weighted by atomic mass is 10.0. The van der Waals surface area contributed by atoms with Crippen molar-refractivity contribution in [2.75, 3.05) is 11.9 Å². The van der Waals surface area contributed by atoms with Crippen LogP contribution < -0.4 is 5.32 Å². The molecular formula is C18H22BrNO. The van der Waals surface area contributed by atoms with E-state index in [1.165, 1.54) is 10.8 Å². The lowest BCUT2D eigenvalue weighted by Crippen LogP contribution is -2.30. The highest BCUT2D eigenvalue weighted by Gasteiger charge is 2.09. The minimum absolute atomic E-state index is 0.110. The maximum Gasteiger partial charge on any atom is 0.224 e. The van der Waals surface area contributed by atoms with Crippen molar-refractivity contribution in [1.82, 2.24) is 5.32 Å². The molecule has 0 fully saturated rings. The minimum Gasteiger partial charge on any atom is -0.356 e. The number of carbonyl (C=O) groups is 1. The Balaban J connectivity index is 1.91. The van der Waals surface area contributed by atoms with Crippen molar-refractivity contribution >= 4 is 32.6 Å². The lowest BCUT2D eigenvalue weighted by molar-refractivity contribution is -0.120. The largest absolute Gasteiger partial charge is 0.356 e. The SMILES string of the molecule is CCC(CCBr)CNC(=O)Cc1ccc2ccccc2c1. The van der Waals surface area contributed by atoms with Crippen LogP contribution in [-0.4, -0.2) is 17.8 Å². The lowest BCUT2D eigenvalue weighted by Gasteiger charge is -2.14. The first kappa shape index (κ1) is 16.0. The van der Waals surface area contributed by atoms with E-state index in [-0.39, 0.29) is 5.91 Å². The average molecular weight is 348 g/mol. The highest BCUT2D eigenvalue weighted by molar-refractivity contribution is 9.09. The van der Waals surface area contributed by atoms with Crippen molar-refractivity contribution in [3.63, 3.8) is 0 Å². The highest BCUT2D eigenvalue weighted by atomic mass is 79.9. The van der Waals surface area contributed by atoms with Crippen LogP contribution in [0.3, 0.4) is 0 Å². The fourth-order valence-electron chi connectivity index (χ4n) is 2.46. The second kappa shape index (κ2) is 8.18. The predicted molar refractivity (Wildman–Crippen MR) is 92.9 cm³/mol. The van der Waals surface area contributed by atoms with Gasteiger partial charge in [-0.05, 0) is 28.7 Å². The quantitative estimate of drug-likeness (QED) is 0.743. The average Bonchev–Trinajstić information content (AvgIpc) is 2.51. The summed E-state index contributed by atoms with van der Waals surface area (Å²) in [5, 5.41) is 6.45. The molecule has 2 aromatic carbocycles. The Morgan fingerprint density at radius 3 is 2.67 bits per heavy atom. The fraction of sp³-hybridized carbons (Fsp3) is 0.389. The van der Waals surface area contributed by atoms with E-state index in [9.17, 15) is 4.79 Å². The molecule has 0 radical (unpaired) electrons. The predicted octanol–water partition coefficient (Wildman–Crippen LogP) is 4.31. The molecule has 2 nitrogen and oxygen atoms in total. The Bertz CT molecular complexity index is 597. The molecule has 0 aromatic heterocycles. The third kappa shape index (κ3) is 4.85. The molecule has 0 heterocycles. The monoisotopic (exact) mass is 347 g/mol. The van der Waals surface area contributed by atoms with Gasteiger partial charge in [0.05, 0.1) is 6.42 Å². The van der Waals surface area contributed by atoms with E-state index in [0.717, 1.165) is 30.3 Å². The summed E-state index contributed by atoms with van der Waals surface area (Å²) < 4.78 is 0. The van der Waals surface area contributed by atoms with E-state index < -0.39 is 0 Å². The van der Waals surface area contributed by atoms with Gasteiger partial charge >= 0.3 is 0 Å². The maximum atomic E-state index is 12.1. The van der Waals surface area contributed by atoms with Gasteiger partial charge in [-0.1, -0.05) is 71.7 Å². The summed E-state index contributed by atoms with van der Waals surface area (Å²) >= 11 is 3.46. The van der Waals surface area contributed by atoms with Crippen LogP contribution in [0.1, 0.15) is 25.3 Å². The Kier molecular flexibility index (Phi) is 6.24. The highest BCUT2D eigenvalue weighted by Crippen LogP contribution is 2.16. The molecule has 3 heteroatoms. The molecule has 1 unspecified atom stereocenters. The zero-order valence-electron chi connectivity index (χ0n) is 12.4. The van der Waals surface area contributed by atoms with Crippen molar-refractivity contribution in [1.29, 1.82) is 0 Å². The second-order valence-electron chi connectivity index (χ2n) is 5.41. The number of amides is 1. The first-order valence-corrected chi connectivity index (χ1v) is 8.65. The molecule has 112 valence electrons. The van der Waals surface area contributed by atoms with Crippen LogP contribution >= 0.6 is 15.9 Å². The zero-order chi connectivity index (χ0) is 15.1. The van der Waals surface area contributed by atoms with Crippen LogP contribution in [0.5, 0.6) is 0 Å². The summed E-state index contributed by atoms with van der Waals surface area (Å²) in [6.45, 7) is 2.94. The topological polar surface area (TPSA) is 29.1 Å². The molecule has 1 N–H and O–H groups in total. The summed E-state index contributed by atoms with van der Waals surface area (Å²) in [6.07, 6.45) is 2.66. The van der Waals surface area contributed by atoms with E-state index in [4.69, 9.17) is 0 Å². The smallest absolute Gasteiger partial charge is 0.224 e. The molecule has 21 heavy (non-hydrogen) atoms. The molecule has 1 amide bonds. The van der Waals surface area contributed by atoms with Gasteiger partial charge in [0.25, 0.3) is 0 Å².